The first-order chi connectivity index (χ1) is 13.4. The van der Waals surface area contributed by atoms with E-state index in [1.165, 1.54) is 4.68 Å². The van der Waals surface area contributed by atoms with Crippen molar-refractivity contribution in [3.05, 3.63) is 58.1 Å². The van der Waals surface area contributed by atoms with Gasteiger partial charge in [-0.1, -0.05) is 29.3 Å². The summed E-state index contributed by atoms with van der Waals surface area (Å²) in [6.07, 6.45) is -0.0756. The van der Waals surface area contributed by atoms with Crippen LogP contribution in [0.15, 0.2) is 42.5 Å². The Hall–Kier alpha value is -2.90. The molecule has 2 N–H and O–H groups in total. The fourth-order valence-corrected chi connectivity index (χ4v) is 3.20. The molecule has 1 aliphatic heterocycles. The van der Waals surface area contributed by atoms with Crippen molar-refractivity contribution in [3.63, 3.8) is 0 Å². The van der Waals surface area contributed by atoms with E-state index < -0.39 is 6.04 Å². The van der Waals surface area contributed by atoms with E-state index >= 15 is 0 Å². The molecule has 1 aromatic heterocycles. The van der Waals surface area contributed by atoms with Gasteiger partial charge >= 0.3 is 0 Å². The zero-order valence-electron chi connectivity index (χ0n) is 14.7. The Morgan fingerprint density at radius 2 is 1.96 bits per heavy atom. The van der Waals surface area contributed by atoms with Gasteiger partial charge in [0.15, 0.2) is 5.82 Å². The molecule has 9 heteroatoms. The molecule has 7 nitrogen and oxygen atoms in total. The summed E-state index contributed by atoms with van der Waals surface area (Å²) in [6.45, 7) is 1.88. The van der Waals surface area contributed by atoms with Gasteiger partial charge in [-0.25, -0.2) is 4.68 Å². The van der Waals surface area contributed by atoms with Crippen molar-refractivity contribution in [2.75, 3.05) is 10.6 Å². The lowest BCUT2D eigenvalue weighted by molar-refractivity contribution is -0.123. The third-order valence-corrected chi connectivity index (χ3v) is 5.06. The smallest absolute Gasteiger partial charge is 0.252 e. The summed E-state index contributed by atoms with van der Waals surface area (Å²) in [6, 6.07) is 11.5. The monoisotopic (exact) mass is 415 g/mol. The maximum Gasteiger partial charge on any atom is 0.252 e. The first-order valence-electron chi connectivity index (χ1n) is 8.50. The SMILES string of the molecule is Cc1ccc(NC(=O)CC2C(=O)Nc3nc(-c4ccc(Cl)cc4)nn32)cc1Cl. The van der Waals surface area contributed by atoms with Gasteiger partial charge < -0.3 is 5.32 Å². The van der Waals surface area contributed by atoms with E-state index in [0.717, 1.165) is 11.1 Å². The molecule has 1 unspecified atom stereocenters. The molecule has 0 saturated carbocycles. The van der Waals surface area contributed by atoms with Crippen LogP contribution in [0.3, 0.4) is 0 Å². The molecule has 3 aromatic rings. The van der Waals surface area contributed by atoms with Crippen LogP contribution in [0.5, 0.6) is 0 Å². The third-order valence-electron chi connectivity index (χ3n) is 4.40. The summed E-state index contributed by atoms with van der Waals surface area (Å²) in [5.74, 6) is 0.111. The Bertz CT molecular complexity index is 1080. The molecule has 0 fully saturated rings. The van der Waals surface area contributed by atoms with E-state index in [1.807, 2.05) is 13.0 Å². The second-order valence-corrected chi connectivity index (χ2v) is 7.28. The van der Waals surface area contributed by atoms with Gasteiger partial charge in [0.2, 0.25) is 11.9 Å². The number of hydrogen-bond acceptors (Lipinski definition) is 4. The number of nitrogens with one attached hydrogen (secondary N) is 2. The molecule has 1 atom stereocenters. The van der Waals surface area contributed by atoms with Crippen molar-refractivity contribution < 1.29 is 9.59 Å². The maximum absolute atomic E-state index is 12.4. The Kier molecular flexibility index (Phi) is 4.78. The van der Waals surface area contributed by atoms with Gasteiger partial charge in [-0.05, 0) is 48.9 Å². The lowest BCUT2D eigenvalue weighted by Crippen LogP contribution is -2.23. The van der Waals surface area contributed by atoms with Crippen molar-refractivity contribution in [2.24, 2.45) is 0 Å². The Morgan fingerprint density at radius 1 is 1.21 bits per heavy atom. The van der Waals surface area contributed by atoms with Gasteiger partial charge in [0.05, 0.1) is 6.42 Å². The fraction of sp³-hybridized carbons (Fsp3) is 0.158. The molecule has 1 aliphatic rings. The van der Waals surface area contributed by atoms with Crippen molar-refractivity contribution in [1.82, 2.24) is 14.8 Å². The van der Waals surface area contributed by atoms with Gasteiger partial charge in [0, 0.05) is 21.3 Å². The minimum atomic E-state index is -0.774. The fourth-order valence-electron chi connectivity index (χ4n) is 2.89. The van der Waals surface area contributed by atoms with Crippen molar-refractivity contribution in [1.29, 1.82) is 0 Å². The van der Waals surface area contributed by atoms with E-state index in [1.54, 1.807) is 36.4 Å². The van der Waals surface area contributed by atoms with Crippen LogP contribution in [0, 0.1) is 6.92 Å². The molecule has 0 aliphatic carbocycles. The van der Waals surface area contributed by atoms with E-state index in [0.29, 0.717) is 27.5 Å². The number of aryl methyl sites for hydroxylation is 1. The van der Waals surface area contributed by atoms with E-state index in [9.17, 15) is 9.59 Å². The number of halogens is 2. The van der Waals surface area contributed by atoms with Crippen LogP contribution in [0.2, 0.25) is 10.0 Å². The molecular formula is C19H15Cl2N5O2. The molecule has 2 heterocycles. The molecule has 0 bridgehead atoms. The number of anilines is 2. The number of aromatic nitrogens is 3. The van der Waals surface area contributed by atoms with Gasteiger partial charge in [-0.3, -0.25) is 14.9 Å². The second kappa shape index (κ2) is 7.26. The van der Waals surface area contributed by atoms with Gasteiger partial charge in [0.25, 0.3) is 5.91 Å². The van der Waals surface area contributed by atoms with E-state index in [-0.39, 0.29) is 18.2 Å². The van der Waals surface area contributed by atoms with Crippen molar-refractivity contribution in [2.45, 2.75) is 19.4 Å². The topological polar surface area (TPSA) is 88.9 Å². The van der Waals surface area contributed by atoms with Crippen LogP contribution < -0.4 is 10.6 Å². The van der Waals surface area contributed by atoms with Crippen LogP contribution >= 0.6 is 23.2 Å². The number of hydrogen-bond donors (Lipinski definition) is 2. The highest BCUT2D eigenvalue weighted by Gasteiger charge is 2.35. The largest absolute Gasteiger partial charge is 0.326 e. The summed E-state index contributed by atoms with van der Waals surface area (Å²) in [4.78, 5) is 29.0. The first kappa shape index (κ1) is 18.5. The van der Waals surface area contributed by atoms with Crippen molar-refractivity contribution in [3.8, 4) is 11.4 Å². The normalized spacial score (nSPS) is 15.2. The Labute approximate surface area is 170 Å². The number of rotatable bonds is 4. The molecule has 28 heavy (non-hydrogen) atoms. The number of nitrogens with zero attached hydrogens (tertiary/aromatic N) is 3. The molecule has 0 saturated heterocycles. The third kappa shape index (κ3) is 3.58. The number of carbonyl (C=O) groups excluding carboxylic acids is 2. The maximum atomic E-state index is 12.4. The van der Waals surface area contributed by atoms with E-state index in [2.05, 4.69) is 20.7 Å². The molecule has 0 spiro atoms. The average Bonchev–Trinajstić information content (AvgIpc) is 3.18. The quantitative estimate of drug-likeness (QED) is 0.671. The van der Waals surface area contributed by atoms with Gasteiger partial charge in [0.1, 0.15) is 6.04 Å². The minimum Gasteiger partial charge on any atom is -0.326 e. The Balaban J connectivity index is 1.51. The highest BCUT2D eigenvalue weighted by Crippen LogP contribution is 2.29. The number of benzene rings is 2. The Morgan fingerprint density at radius 3 is 2.68 bits per heavy atom. The molecule has 142 valence electrons. The number of fused-ring (bicyclic) bond motifs is 1. The zero-order valence-corrected chi connectivity index (χ0v) is 16.3. The van der Waals surface area contributed by atoms with E-state index in [4.69, 9.17) is 23.2 Å². The molecule has 2 amide bonds. The highest BCUT2D eigenvalue weighted by molar-refractivity contribution is 6.31. The first-order valence-corrected chi connectivity index (χ1v) is 9.25. The second-order valence-electron chi connectivity index (χ2n) is 6.43. The minimum absolute atomic E-state index is 0.0756. The summed E-state index contributed by atoms with van der Waals surface area (Å²) in [5, 5.41) is 11.0. The standard InChI is InChI=1S/C19H15Cl2N5O2/c1-10-2-7-13(8-14(10)21)22-16(27)9-15-18(28)24-19-23-17(25-26(15)19)11-3-5-12(20)6-4-11/h2-8,15H,9H2,1H3,(H,22,27)(H,23,24,25,28). The molecule has 2 aromatic carbocycles. The number of amides is 2. The molecule has 0 radical (unpaired) electrons. The highest BCUT2D eigenvalue weighted by atomic mass is 35.5. The summed E-state index contributed by atoms with van der Waals surface area (Å²) in [7, 11) is 0. The van der Waals surface area contributed by atoms with Crippen molar-refractivity contribution >= 4 is 46.7 Å². The predicted molar refractivity (Wildman–Crippen MR) is 108 cm³/mol. The lowest BCUT2D eigenvalue weighted by atomic mass is 10.2. The van der Waals surface area contributed by atoms with Crippen LogP contribution in [0.1, 0.15) is 18.0 Å². The van der Waals surface area contributed by atoms with Crippen LogP contribution in [0.25, 0.3) is 11.4 Å². The molecule has 4 rings (SSSR count). The summed E-state index contributed by atoms with van der Waals surface area (Å²) >= 11 is 12.0. The zero-order chi connectivity index (χ0) is 19.8. The predicted octanol–water partition coefficient (Wildman–Crippen LogP) is 4.08. The van der Waals surface area contributed by atoms with Gasteiger partial charge in [-0.15, -0.1) is 5.10 Å². The average molecular weight is 416 g/mol. The summed E-state index contributed by atoms with van der Waals surface area (Å²) < 4.78 is 1.44. The summed E-state index contributed by atoms with van der Waals surface area (Å²) in [5.41, 5.74) is 2.24. The lowest BCUT2D eigenvalue weighted by Gasteiger charge is -2.10. The molecular weight excluding hydrogens is 401 g/mol. The van der Waals surface area contributed by atoms with Crippen LogP contribution in [0.4, 0.5) is 11.6 Å². The number of carbonyl (C=O) groups is 2. The van der Waals surface area contributed by atoms with Gasteiger partial charge in [-0.2, -0.15) is 4.98 Å². The van der Waals surface area contributed by atoms with Crippen LogP contribution in [-0.4, -0.2) is 26.6 Å². The van der Waals surface area contributed by atoms with Crippen LogP contribution in [-0.2, 0) is 9.59 Å².